The summed E-state index contributed by atoms with van der Waals surface area (Å²) >= 11 is 0. The van der Waals surface area contributed by atoms with Gasteiger partial charge in [0.2, 0.25) is 5.95 Å². The highest BCUT2D eigenvalue weighted by Gasteiger charge is 2.24. The van der Waals surface area contributed by atoms with Crippen LogP contribution in [-0.2, 0) is 4.74 Å². The Labute approximate surface area is 137 Å². The Morgan fingerprint density at radius 3 is 2.74 bits per heavy atom. The van der Waals surface area contributed by atoms with Gasteiger partial charge in [-0.3, -0.25) is 4.79 Å². The van der Waals surface area contributed by atoms with Crippen molar-refractivity contribution in [2.75, 3.05) is 40.3 Å². The summed E-state index contributed by atoms with van der Waals surface area (Å²) in [5.74, 6) is -0.599. The lowest BCUT2D eigenvalue weighted by atomic mass is 10.1. The van der Waals surface area contributed by atoms with Crippen molar-refractivity contribution in [1.29, 1.82) is 0 Å². The first kappa shape index (κ1) is 17.8. The van der Waals surface area contributed by atoms with E-state index in [0.29, 0.717) is 24.2 Å². The number of hydrogen-bond acceptors (Lipinski definition) is 4. The lowest BCUT2D eigenvalue weighted by Gasteiger charge is -2.32. The Balaban J connectivity index is 1.77. The molecule has 23 heavy (non-hydrogen) atoms. The van der Waals surface area contributed by atoms with Crippen molar-refractivity contribution in [2.45, 2.75) is 32.3 Å². The van der Waals surface area contributed by atoms with E-state index >= 15 is 0 Å². The highest BCUT2D eigenvalue weighted by atomic mass is 19.1. The molecule has 5 nitrogen and oxygen atoms in total. The van der Waals surface area contributed by atoms with Crippen LogP contribution in [-0.4, -0.2) is 67.1 Å². The van der Waals surface area contributed by atoms with Gasteiger partial charge in [-0.25, -0.2) is 4.98 Å². The van der Waals surface area contributed by atoms with E-state index in [9.17, 15) is 9.18 Å². The minimum Gasteiger partial charge on any atom is -0.378 e. The number of piperidine rings is 1. The van der Waals surface area contributed by atoms with Crippen LogP contribution >= 0.6 is 0 Å². The maximum Gasteiger partial charge on any atom is 0.255 e. The molecule has 128 valence electrons. The zero-order valence-corrected chi connectivity index (χ0v) is 14.2. The minimum absolute atomic E-state index is 0.0772. The van der Waals surface area contributed by atoms with Gasteiger partial charge in [0.25, 0.3) is 5.91 Å². The van der Waals surface area contributed by atoms with Crippen LogP contribution in [0.3, 0.4) is 0 Å². The van der Waals surface area contributed by atoms with Gasteiger partial charge in [0, 0.05) is 31.5 Å². The molecule has 2 rings (SSSR count). The van der Waals surface area contributed by atoms with Gasteiger partial charge in [-0.05, 0) is 52.9 Å². The summed E-state index contributed by atoms with van der Waals surface area (Å²) in [5.41, 5.74) is 0.851. The van der Waals surface area contributed by atoms with Crippen LogP contribution in [0.1, 0.15) is 35.2 Å². The standard InChI is InChI=1S/C17H26FN3O2/c1-13-11-14(12-19-16(13)18)17(22)21-8-5-15(6-9-21)23-10-4-7-20(2)3/h11-12,15H,4-10H2,1-3H3. The molecule has 0 atom stereocenters. The summed E-state index contributed by atoms with van der Waals surface area (Å²) in [7, 11) is 4.10. The molecule has 1 aliphatic rings. The number of ether oxygens (including phenoxy) is 1. The zero-order valence-electron chi connectivity index (χ0n) is 14.2. The van der Waals surface area contributed by atoms with Gasteiger partial charge in [-0.15, -0.1) is 0 Å². The number of halogens is 1. The third kappa shape index (κ3) is 5.25. The molecule has 0 aliphatic carbocycles. The number of pyridine rings is 1. The second kappa shape index (κ2) is 8.36. The van der Waals surface area contributed by atoms with E-state index in [1.165, 1.54) is 6.20 Å². The Morgan fingerprint density at radius 1 is 1.43 bits per heavy atom. The second-order valence-electron chi connectivity index (χ2n) is 6.35. The van der Waals surface area contributed by atoms with Crippen LogP contribution in [0.5, 0.6) is 0 Å². The molecule has 6 heteroatoms. The predicted octanol–water partition coefficient (Wildman–Crippen LogP) is 2.10. The fourth-order valence-corrected chi connectivity index (χ4v) is 2.71. The second-order valence-corrected chi connectivity index (χ2v) is 6.35. The molecule has 0 unspecified atom stereocenters. The minimum atomic E-state index is -0.522. The quantitative estimate of drug-likeness (QED) is 0.594. The summed E-state index contributed by atoms with van der Waals surface area (Å²) < 4.78 is 19.1. The van der Waals surface area contributed by atoms with Crippen molar-refractivity contribution in [1.82, 2.24) is 14.8 Å². The van der Waals surface area contributed by atoms with E-state index in [2.05, 4.69) is 24.0 Å². The lowest BCUT2D eigenvalue weighted by molar-refractivity contribution is 0.00632. The monoisotopic (exact) mass is 323 g/mol. The third-order valence-electron chi connectivity index (χ3n) is 4.09. The molecule has 2 heterocycles. The van der Waals surface area contributed by atoms with Crippen LogP contribution < -0.4 is 0 Å². The van der Waals surface area contributed by atoms with E-state index in [4.69, 9.17) is 4.74 Å². The van der Waals surface area contributed by atoms with Crippen LogP contribution in [0.25, 0.3) is 0 Å². The molecular weight excluding hydrogens is 297 g/mol. The van der Waals surface area contributed by atoms with E-state index in [1.807, 2.05) is 0 Å². The number of nitrogens with zero attached hydrogens (tertiary/aromatic N) is 3. The molecule has 1 saturated heterocycles. The summed E-state index contributed by atoms with van der Waals surface area (Å²) in [6.07, 6.45) is 4.26. The molecule has 1 fully saturated rings. The summed E-state index contributed by atoms with van der Waals surface area (Å²) in [5, 5.41) is 0. The van der Waals surface area contributed by atoms with Gasteiger partial charge in [0.1, 0.15) is 0 Å². The maximum absolute atomic E-state index is 13.2. The predicted molar refractivity (Wildman–Crippen MR) is 87.0 cm³/mol. The number of carbonyl (C=O) groups is 1. The molecule has 0 aromatic carbocycles. The SMILES string of the molecule is Cc1cc(C(=O)N2CCC(OCCCN(C)C)CC2)cnc1F. The molecule has 0 spiro atoms. The maximum atomic E-state index is 13.2. The van der Waals surface area contributed by atoms with Crippen LogP contribution in [0, 0.1) is 12.9 Å². The van der Waals surface area contributed by atoms with Crippen molar-refractivity contribution in [3.8, 4) is 0 Å². The van der Waals surface area contributed by atoms with Crippen molar-refractivity contribution in [3.05, 3.63) is 29.3 Å². The Hall–Kier alpha value is -1.53. The molecule has 0 N–H and O–H groups in total. The first-order chi connectivity index (χ1) is 11.0. The van der Waals surface area contributed by atoms with E-state index in [1.54, 1.807) is 17.9 Å². The molecule has 1 aliphatic heterocycles. The van der Waals surface area contributed by atoms with E-state index in [-0.39, 0.29) is 12.0 Å². The fourth-order valence-electron chi connectivity index (χ4n) is 2.71. The van der Waals surface area contributed by atoms with Crippen molar-refractivity contribution < 1.29 is 13.9 Å². The number of likely N-dealkylation sites (tertiary alicyclic amines) is 1. The third-order valence-corrected chi connectivity index (χ3v) is 4.09. The van der Waals surface area contributed by atoms with Gasteiger partial charge in [-0.1, -0.05) is 0 Å². The first-order valence-electron chi connectivity index (χ1n) is 8.15. The Kier molecular flexibility index (Phi) is 6.47. The number of aromatic nitrogens is 1. The smallest absolute Gasteiger partial charge is 0.255 e. The van der Waals surface area contributed by atoms with Crippen molar-refractivity contribution in [3.63, 3.8) is 0 Å². The Bertz CT molecular complexity index is 529. The molecule has 0 radical (unpaired) electrons. The first-order valence-corrected chi connectivity index (χ1v) is 8.15. The normalized spacial score (nSPS) is 16.1. The number of rotatable bonds is 6. The van der Waals surface area contributed by atoms with Crippen LogP contribution in [0.4, 0.5) is 4.39 Å². The van der Waals surface area contributed by atoms with E-state index < -0.39 is 5.95 Å². The molecule has 1 aromatic rings. The van der Waals surface area contributed by atoms with Crippen LogP contribution in [0.2, 0.25) is 0 Å². The topological polar surface area (TPSA) is 45.7 Å². The molecule has 0 saturated carbocycles. The summed E-state index contributed by atoms with van der Waals surface area (Å²) in [6, 6.07) is 1.56. The van der Waals surface area contributed by atoms with E-state index in [0.717, 1.165) is 32.4 Å². The molecule has 1 amide bonds. The van der Waals surface area contributed by atoms with Crippen LogP contribution in [0.15, 0.2) is 12.3 Å². The average molecular weight is 323 g/mol. The van der Waals surface area contributed by atoms with Gasteiger partial charge >= 0.3 is 0 Å². The number of carbonyl (C=O) groups excluding carboxylic acids is 1. The average Bonchev–Trinajstić information content (AvgIpc) is 2.54. The van der Waals surface area contributed by atoms with Gasteiger partial charge in [-0.2, -0.15) is 4.39 Å². The van der Waals surface area contributed by atoms with Gasteiger partial charge in [0.15, 0.2) is 0 Å². The highest BCUT2D eigenvalue weighted by Crippen LogP contribution is 2.17. The fraction of sp³-hybridized carbons (Fsp3) is 0.647. The summed E-state index contributed by atoms with van der Waals surface area (Å²) in [4.78, 5) is 20.0. The van der Waals surface area contributed by atoms with Crippen molar-refractivity contribution >= 4 is 5.91 Å². The highest BCUT2D eigenvalue weighted by molar-refractivity contribution is 5.94. The van der Waals surface area contributed by atoms with Crippen molar-refractivity contribution in [2.24, 2.45) is 0 Å². The molecule has 1 aromatic heterocycles. The largest absolute Gasteiger partial charge is 0.378 e. The number of amides is 1. The van der Waals surface area contributed by atoms with Gasteiger partial charge in [0.05, 0.1) is 11.7 Å². The number of hydrogen-bond donors (Lipinski definition) is 0. The Morgan fingerprint density at radius 2 is 2.13 bits per heavy atom. The molecular formula is C17H26FN3O2. The lowest BCUT2D eigenvalue weighted by Crippen LogP contribution is -2.41. The zero-order chi connectivity index (χ0) is 16.8. The number of aryl methyl sites for hydroxylation is 1. The summed E-state index contributed by atoms with van der Waals surface area (Å²) in [6.45, 7) is 4.75. The molecule has 0 bridgehead atoms. The van der Waals surface area contributed by atoms with Gasteiger partial charge < -0.3 is 14.5 Å².